The largest absolute Gasteiger partial charge is 0.418 e. The van der Waals surface area contributed by atoms with Crippen LogP contribution < -0.4 is 5.73 Å². The average Bonchev–Trinajstić information content (AvgIpc) is 2.66. The molecule has 10 heteroatoms. The minimum Gasteiger partial charge on any atom is -0.398 e. The Morgan fingerprint density at radius 3 is 1.83 bits per heavy atom. The fraction of sp³-hybridized carbons (Fsp3) is 0.250. The van der Waals surface area contributed by atoms with Gasteiger partial charge >= 0.3 is 12.4 Å². The van der Waals surface area contributed by atoms with Gasteiger partial charge in [0.15, 0.2) is 0 Å². The summed E-state index contributed by atoms with van der Waals surface area (Å²) in [5.74, 6) is 0. The molecule has 0 aromatic heterocycles. The lowest BCUT2D eigenvalue weighted by molar-refractivity contribution is -0.163. The van der Waals surface area contributed by atoms with Gasteiger partial charge in [-0.05, 0) is 6.07 Å². The zero-order valence-electron chi connectivity index (χ0n) is 8.15. The molecule has 100 valence electrons. The molecule has 0 fully saturated rings. The zero-order valence-corrected chi connectivity index (χ0v) is 8.96. The van der Waals surface area contributed by atoms with Crippen LogP contribution in [0.4, 0.5) is 32.0 Å². The second-order valence-corrected chi connectivity index (χ2v) is 5.37. The maximum Gasteiger partial charge on any atom is 0.418 e. The molecule has 2 N–H and O–H groups in total. The van der Waals surface area contributed by atoms with Crippen molar-refractivity contribution in [3.8, 4) is 0 Å². The number of sulfone groups is 1. The smallest absolute Gasteiger partial charge is 0.398 e. The number of halogens is 6. The summed E-state index contributed by atoms with van der Waals surface area (Å²) in [7, 11) is -4.45. The molecule has 0 radical (unpaired) electrons. The molecular weight excluding hydrogens is 288 g/mol. The molecule has 0 aliphatic carbocycles. The van der Waals surface area contributed by atoms with Crippen LogP contribution in [0, 0.1) is 0 Å². The van der Waals surface area contributed by atoms with Crippen molar-refractivity contribution in [2.75, 3.05) is 5.73 Å². The zero-order chi connectivity index (χ0) is 14.1. The van der Waals surface area contributed by atoms with Crippen LogP contribution in [0.3, 0.4) is 0 Å². The molecule has 0 unspecified atom stereocenters. The lowest BCUT2D eigenvalue weighted by Crippen LogP contribution is -2.17. The van der Waals surface area contributed by atoms with Gasteiger partial charge in [-0.1, -0.05) is 0 Å². The predicted octanol–water partition coefficient (Wildman–Crippen LogP) is 2.45. The third kappa shape index (κ3) is 1.62. The van der Waals surface area contributed by atoms with E-state index in [1.54, 1.807) is 0 Å². The van der Waals surface area contributed by atoms with Gasteiger partial charge < -0.3 is 5.73 Å². The first-order chi connectivity index (χ1) is 7.88. The molecular formula is C8H3F6NO2S. The summed E-state index contributed by atoms with van der Waals surface area (Å²) in [4.78, 5) is -2.25. The Morgan fingerprint density at radius 1 is 0.944 bits per heavy atom. The quantitative estimate of drug-likeness (QED) is 0.461. The molecule has 1 aromatic carbocycles. The van der Waals surface area contributed by atoms with Crippen LogP contribution in [0.5, 0.6) is 0 Å². The summed E-state index contributed by atoms with van der Waals surface area (Å²) < 4.78 is 97.3. The highest BCUT2D eigenvalue weighted by molar-refractivity contribution is 7.97. The van der Waals surface area contributed by atoms with Crippen molar-refractivity contribution in [3.63, 3.8) is 0 Å². The molecule has 0 saturated carbocycles. The highest BCUT2D eigenvalue weighted by atomic mass is 32.2. The molecule has 2 rings (SSSR count). The van der Waals surface area contributed by atoms with E-state index in [0.29, 0.717) is 0 Å². The van der Waals surface area contributed by atoms with Gasteiger partial charge in [-0.3, -0.25) is 0 Å². The molecule has 3 nitrogen and oxygen atoms in total. The van der Waals surface area contributed by atoms with Gasteiger partial charge in [0.1, 0.15) is 9.79 Å². The summed E-state index contributed by atoms with van der Waals surface area (Å²) in [6, 6.07) is -0.00773. The summed E-state index contributed by atoms with van der Waals surface area (Å²) in [6.45, 7) is 0. The normalized spacial score (nSPS) is 17.4. The maximum absolute atomic E-state index is 12.5. The lowest BCUT2D eigenvalue weighted by atomic mass is 10.1. The molecule has 1 aromatic rings. The minimum atomic E-state index is -5.42. The van der Waals surface area contributed by atoms with Crippen molar-refractivity contribution in [3.05, 3.63) is 17.2 Å². The first-order valence-corrected chi connectivity index (χ1v) is 5.72. The van der Waals surface area contributed by atoms with E-state index in [4.69, 9.17) is 5.73 Å². The van der Waals surface area contributed by atoms with E-state index >= 15 is 0 Å². The Hall–Kier alpha value is -1.45. The molecule has 1 aliphatic rings. The van der Waals surface area contributed by atoms with Gasteiger partial charge in [-0.2, -0.15) is 26.3 Å². The number of nitrogen functional groups attached to an aromatic ring is 1. The number of anilines is 1. The van der Waals surface area contributed by atoms with Crippen LogP contribution in [0.1, 0.15) is 11.1 Å². The number of hydrogen-bond donors (Lipinski definition) is 1. The van der Waals surface area contributed by atoms with Crippen LogP contribution in [0.15, 0.2) is 15.9 Å². The number of fused-ring (bicyclic) bond motifs is 1. The summed E-state index contributed by atoms with van der Waals surface area (Å²) in [5.41, 5.74) is -0.103. The molecule has 0 spiro atoms. The predicted molar refractivity (Wildman–Crippen MR) is 46.3 cm³/mol. The number of rotatable bonds is 0. The van der Waals surface area contributed by atoms with Crippen LogP contribution in [-0.2, 0) is 22.2 Å². The number of nitrogens with two attached hydrogens (primary N) is 1. The molecule has 0 atom stereocenters. The monoisotopic (exact) mass is 291 g/mol. The maximum atomic E-state index is 12.5. The first kappa shape index (κ1) is 13.0. The van der Waals surface area contributed by atoms with Gasteiger partial charge in [0.05, 0.1) is 16.8 Å². The van der Waals surface area contributed by atoms with Gasteiger partial charge in [0.25, 0.3) is 0 Å². The SMILES string of the molecule is Nc1cc(C(F)(F)F)c(C(F)(F)F)c2c1S2(=O)=O. The fourth-order valence-electron chi connectivity index (χ4n) is 1.65. The van der Waals surface area contributed by atoms with Gasteiger partial charge in [0.2, 0.25) is 9.84 Å². The van der Waals surface area contributed by atoms with Crippen molar-refractivity contribution in [1.29, 1.82) is 0 Å². The number of hydrogen-bond acceptors (Lipinski definition) is 3. The van der Waals surface area contributed by atoms with Crippen molar-refractivity contribution in [1.82, 2.24) is 0 Å². The second-order valence-electron chi connectivity index (χ2n) is 3.55. The Balaban J connectivity index is 2.89. The molecule has 18 heavy (non-hydrogen) atoms. The van der Waals surface area contributed by atoms with Gasteiger partial charge in [0, 0.05) is 0 Å². The van der Waals surface area contributed by atoms with E-state index in [2.05, 4.69) is 0 Å². The minimum absolute atomic E-state index is 0.00773. The van der Waals surface area contributed by atoms with Gasteiger partial charge in [-0.15, -0.1) is 0 Å². The Morgan fingerprint density at radius 2 is 1.44 bits per heavy atom. The molecule has 0 saturated heterocycles. The number of alkyl halides is 6. The molecule has 1 aliphatic heterocycles. The fourth-order valence-corrected chi connectivity index (χ4v) is 3.32. The highest BCUT2D eigenvalue weighted by Crippen LogP contribution is 2.55. The third-order valence-electron chi connectivity index (χ3n) is 2.35. The second kappa shape index (κ2) is 3.11. The van der Waals surface area contributed by atoms with E-state index in [-0.39, 0.29) is 6.07 Å². The average molecular weight is 291 g/mol. The molecule has 0 bridgehead atoms. The summed E-state index contributed by atoms with van der Waals surface area (Å²) >= 11 is 0. The van der Waals surface area contributed by atoms with Crippen LogP contribution >= 0.6 is 0 Å². The van der Waals surface area contributed by atoms with Crippen molar-refractivity contribution in [2.24, 2.45) is 0 Å². The highest BCUT2D eigenvalue weighted by Gasteiger charge is 2.56. The lowest BCUT2D eigenvalue weighted by Gasteiger charge is -2.14. The van der Waals surface area contributed by atoms with Gasteiger partial charge in [-0.25, -0.2) is 8.42 Å². The summed E-state index contributed by atoms with van der Waals surface area (Å²) in [5, 5.41) is 0. The van der Waals surface area contributed by atoms with E-state index in [9.17, 15) is 34.8 Å². The Bertz CT molecular complexity index is 643. The molecule has 0 amide bonds. The van der Waals surface area contributed by atoms with E-state index in [1.807, 2.05) is 0 Å². The Kier molecular flexibility index (Phi) is 2.24. The van der Waals surface area contributed by atoms with E-state index in [0.717, 1.165) is 0 Å². The van der Waals surface area contributed by atoms with Crippen LogP contribution in [-0.4, -0.2) is 8.42 Å². The Labute approximate surface area is 96.1 Å². The topological polar surface area (TPSA) is 60.2 Å². The van der Waals surface area contributed by atoms with Crippen molar-refractivity contribution in [2.45, 2.75) is 22.1 Å². The van der Waals surface area contributed by atoms with E-state index in [1.165, 1.54) is 0 Å². The summed E-state index contributed by atoms with van der Waals surface area (Å²) in [6.07, 6.45) is -10.8. The molecule has 1 heterocycles. The first-order valence-electron chi connectivity index (χ1n) is 4.24. The van der Waals surface area contributed by atoms with E-state index < -0.39 is 48.8 Å². The van der Waals surface area contributed by atoms with Crippen molar-refractivity contribution >= 4 is 15.5 Å². The van der Waals surface area contributed by atoms with Crippen LogP contribution in [0.25, 0.3) is 0 Å². The van der Waals surface area contributed by atoms with Crippen LogP contribution in [0.2, 0.25) is 0 Å². The van der Waals surface area contributed by atoms with Crippen molar-refractivity contribution < 1.29 is 34.8 Å². The standard InChI is InChI=1S/C8H3F6NO2S/c9-7(10,11)2-1-3(15)5-6(18(5,16)17)4(2)8(12,13)14/h1H,15H2. The number of benzene rings is 1. The third-order valence-corrected chi connectivity index (χ3v) is 4.07.